The average Bonchev–Trinajstić information content (AvgIpc) is 1.86. The zero-order chi connectivity index (χ0) is 4.41. The van der Waals surface area contributed by atoms with E-state index in [0.717, 1.165) is 0 Å². The maximum atomic E-state index is 2.36. The first-order valence-corrected chi connectivity index (χ1v) is 2.58. The number of nitrogens with zero attached hydrogens (tertiary/aromatic N) is 1. The molecule has 0 radical (unpaired) electrons. The van der Waals surface area contributed by atoms with Crippen molar-refractivity contribution in [2.75, 3.05) is 20.1 Å². The highest BCUT2D eigenvalue weighted by molar-refractivity contribution is 14.0. The van der Waals surface area contributed by atoms with E-state index in [2.05, 4.69) is 11.9 Å². The fourth-order valence-electron chi connectivity index (χ4n) is 0.875. The molecule has 0 saturated carbocycles. The molecule has 1 aliphatic rings. The molecule has 1 aliphatic heterocycles. The van der Waals surface area contributed by atoms with Crippen molar-refractivity contribution in [3.63, 3.8) is 0 Å². The highest BCUT2D eigenvalue weighted by Crippen LogP contribution is 2.01. The molecular weight excluding hydrogens is 201 g/mol. The molecule has 1 fully saturated rings. The van der Waals surface area contributed by atoms with Crippen molar-refractivity contribution in [2.45, 2.75) is 12.8 Å². The second kappa shape index (κ2) is 3.66. The first-order chi connectivity index (χ1) is 2.89. The molecule has 2 heteroatoms. The first kappa shape index (κ1) is 7.69. The summed E-state index contributed by atoms with van der Waals surface area (Å²) in [6.07, 6.45) is 2.83. The van der Waals surface area contributed by atoms with Crippen LogP contribution in [-0.4, -0.2) is 25.0 Å². The van der Waals surface area contributed by atoms with E-state index >= 15 is 0 Å². The lowest BCUT2D eigenvalue weighted by atomic mass is 10.4. The second-order valence-electron chi connectivity index (χ2n) is 2.01. The zero-order valence-electron chi connectivity index (χ0n) is 4.68. The summed E-state index contributed by atoms with van der Waals surface area (Å²) < 4.78 is 0. The van der Waals surface area contributed by atoms with Gasteiger partial charge >= 0.3 is 0 Å². The highest BCUT2D eigenvalue weighted by Gasteiger charge is 2.03. The molecule has 0 amide bonds. The summed E-state index contributed by atoms with van der Waals surface area (Å²) in [5, 5.41) is 0. The van der Waals surface area contributed by atoms with Crippen LogP contribution in [-0.2, 0) is 0 Å². The molecule has 0 aromatic heterocycles. The van der Waals surface area contributed by atoms with E-state index < -0.39 is 0 Å². The molecule has 1 heterocycles. The van der Waals surface area contributed by atoms with E-state index in [1.807, 2.05) is 0 Å². The van der Waals surface area contributed by atoms with E-state index in [1.165, 1.54) is 25.9 Å². The van der Waals surface area contributed by atoms with Gasteiger partial charge in [0, 0.05) is 0 Å². The van der Waals surface area contributed by atoms with Crippen molar-refractivity contribution >= 4 is 24.0 Å². The fourth-order valence-corrected chi connectivity index (χ4v) is 0.875. The minimum atomic E-state index is 0. The maximum absolute atomic E-state index is 2.36. The summed E-state index contributed by atoms with van der Waals surface area (Å²) >= 11 is 0. The summed E-state index contributed by atoms with van der Waals surface area (Å²) in [6, 6.07) is 0. The monoisotopic (exact) mass is 213 g/mol. The van der Waals surface area contributed by atoms with Crippen LogP contribution in [0, 0.1) is 0 Å². The Morgan fingerprint density at radius 3 is 1.71 bits per heavy atom. The molecule has 0 N–H and O–H groups in total. The van der Waals surface area contributed by atoms with Crippen molar-refractivity contribution in [2.24, 2.45) is 0 Å². The molecule has 0 unspecified atom stereocenters. The standard InChI is InChI=1S/C5H11N.HI/c1-6-4-2-3-5-6;/h2-5H2,1H3;1H. The molecule has 0 atom stereocenters. The minimum Gasteiger partial charge on any atom is -0.306 e. The molecule has 0 aromatic carbocycles. The maximum Gasteiger partial charge on any atom is -0.00213 e. The summed E-state index contributed by atoms with van der Waals surface area (Å²) in [7, 11) is 2.17. The van der Waals surface area contributed by atoms with Gasteiger partial charge in [-0.2, -0.15) is 0 Å². The molecule has 0 bridgehead atoms. The lowest BCUT2D eigenvalue weighted by Gasteiger charge is -2.01. The molecule has 1 rings (SSSR count). The van der Waals surface area contributed by atoms with E-state index in [4.69, 9.17) is 0 Å². The molecule has 0 aliphatic carbocycles. The Morgan fingerprint density at radius 1 is 1.14 bits per heavy atom. The third-order valence-corrected chi connectivity index (χ3v) is 1.33. The Balaban J connectivity index is 0.000000360. The lowest BCUT2D eigenvalue weighted by molar-refractivity contribution is 0.418. The normalized spacial score (nSPS) is 21.9. The van der Waals surface area contributed by atoms with Gasteiger partial charge in [0.25, 0.3) is 0 Å². The van der Waals surface area contributed by atoms with Gasteiger partial charge in [0.05, 0.1) is 0 Å². The van der Waals surface area contributed by atoms with Gasteiger partial charge in [0.2, 0.25) is 0 Å². The molecule has 44 valence electrons. The van der Waals surface area contributed by atoms with Gasteiger partial charge in [-0.25, -0.2) is 0 Å². The van der Waals surface area contributed by atoms with Crippen molar-refractivity contribution in [1.29, 1.82) is 0 Å². The van der Waals surface area contributed by atoms with E-state index in [-0.39, 0.29) is 24.0 Å². The van der Waals surface area contributed by atoms with Gasteiger partial charge in [-0.3, -0.25) is 0 Å². The SMILES string of the molecule is CN1CCCC1.I. The van der Waals surface area contributed by atoms with Gasteiger partial charge in [-0.1, -0.05) is 0 Å². The van der Waals surface area contributed by atoms with Crippen LogP contribution in [0.3, 0.4) is 0 Å². The average molecular weight is 213 g/mol. The van der Waals surface area contributed by atoms with E-state index in [0.29, 0.717) is 0 Å². The quantitative estimate of drug-likeness (QED) is 0.548. The predicted octanol–water partition coefficient (Wildman–Crippen LogP) is 1.33. The van der Waals surface area contributed by atoms with Gasteiger partial charge in [0.15, 0.2) is 0 Å². The fraction of sp³-hybridized carbons (Fsp3) is 1.00. The Bertz CT molecular complexity index is 41.3. The summed E-state index contributed by atoms with van der Waals surface area (Å²) in [6.45, 7) is 2.64. The topological polar surface area (TPSA) is 3.24 Å². The minimum absolute atomic E-state index is 0. The molecule has 7 heavy (non-hydrogen) atoms. The van der Waals surface area contributed by atoms with Crippen LogP contribution in [0.1, 0.15) is 12.8 Å². The number of likely N-dealkylation sites (tertiary alicyclic amines) is 1. The predicted molar refractivity (Wildman–Crippen MR) is 42.1 cm³/mol. The number of halogens is 1. The zero-order valence-corrected chi connectivity index (χ0v) is 7.01. The van der Waals surface area contributed by atoms with Gasteiger partial charge in [-0.15, -0.1) is 24.0 Å². The summed E-state index contributed by atoms with van der Waals surface area (Å²) in [4.78, 5) is 2.36. The number of hydrogen-bond donors (Lipinski definition) is 0. The van der Waals surface area contributed by atoms with Crippen LogP contribution < -0.4 is 0 Å². The molecule has 1 saturated heterocycles. The third kappa shape index (κ3) is 2.49. The van der Waals surface area contributed by atoms with E-state index in [9.17, 15) is 0 Å². The van der Waals surface area contributed by atoms with Crippen molar-refractivity contribution in [3.8, 4) is 0 Å². The Morgan fingerprint density at radius 2 is 1.57 bits per heavy atom. The van der Waals surface area contributed by atoms with Crippen LogP contribution in [0.15, 0.2) is 0 Å². The second-order valence-corrected chi connectivity index (χ2v) is 2.01. The molecular formula is C5H12IN. The van der Waals surface area contributed by atoms with Crippen LogP contribution in [0.5, 0.6) is 0 Å². The smallest absolute Gasteiger partial charge is 0.00213 e. The molecule has 0 aromatic rings. The largest absolute Gasteiger partial charge is 0.306 e. The van der Waals surface area contributed by atoms with Crippen molar-refractivity contribution < 1.29 is 0 Å². The Kier molecular flexibility index (Phi) is 4.02. The third-order valence-electron chi connectivity index (χ3n) is 1.33. The Labute approximate surface area is 62.1 Å². The number of rotatable bonds is 0. The van der Waals surface area contributed by atoms with Crippen LogP contribution in [0.25, 0.3) is 0 Å². The molecule has 0 spiro atoms. The van der Waals surface area contributed by atoms with Crippen LogP contribution >= 0.6 is 24.0 Å². The number of hydrogen-bond acceptors (Lipinski definition) is 1. The van der Waals surface area contributed by atoms with Crippen molar-refractivity contribution in [3.05, 3.63) is 0 Å². The lowest BCUT2D eigenvalue weighted by Crippen LogP contribution is -2.10. The van der Waals surface area contributed by atoms with Crippen LogP contribution in [0.4, 0.5) is 0 Å². The van der Waals surface area contributed by atoms with Gasteiger partial charge in [0.1, 0.15) is 0 Å². The van der Waals surface area contributed by atoms with Crippen LogP contribution in [0.2, 0.25) is 0 Å². The van der Waals surface area contributed by atoms with Crippen molar-refractivity contribution in [1.82, 2.24) is 4.90 Å². The summed E-state index contributed by atoms with van der Waals surface area (Å²) in [5.41, 5.74) is 0. The molecule has 1 nitrogen and oxygen atoms in total. The van der Waals surface area contributed by atoms with E-state index in [1.54, 1.807) is 0 Å². The van der Waals surface area contributed by atoms with Gasteiger partial charge < -0.3 is 4.90 Å². The summed E-state index contributed by atoms with van der Waals surface area (Å²) in [5.74, 6) is 0. The van der Waals surface area contributed by atoms with Gasteiger partial charge in [-0.05, 0) is 33.0 Å². The highest BCUT2D eigenvalue weighted by atomic mass is 127. The first-order valence-electron chi connectivity index (χ1n) is 2.58. The Hall–Kier alpha value is 0.690.